The third-order valence-corrected chi connectivity index (χ3v) is 7.06. The lowest BCUT2D eigenvalue weighted by molar-refractivity contribution is -0.147. The summed E-state index contributed by atoms with van der Waals surface area (Å²) in [6.07, 6.45) is -0.611. The van der Waals surface area contributed by atoms with Gasteiger partial charge >= 0.3 is 5.97 Å². The third kappa shape index (κ3) is 6.47. The number of ether oxygens (including phenoxy) is 3. The molecule has 4 rings (SSSR count). The van der Waals surface area contributed by atoms with Crippen molar-refractivity contribution in [2.45, 2.75) is 66.3 Å². The Labute approximate surface area is 236 Å². The molecule has 1 N–H and O–H groups in total. The Hall–Kier alpha value is -4.26. The summed E-state index contributed by atoms with van der Waals surface area (Å²) < 4.78 is 18.6. The molecule has 0 fully saturated rings. The summed E-state index contributed by atoms with van der Waals surface area (Å²) in [5.41, 5.74) is 5.93. The van der Waals surface area contributed by atoms with Crippen LogP contribution in [0.2, 0.25) is 0 Å². The van der Waals surface area contributed by atoms with Crippen LogP contribution in [-0.4, -0.2) is 35.8 Å². The number of nitrogens with one attached hydrogen (secondary N) is 1. The van der Waals surface area contributed by atoms with Gasteiger partial charge in [-0.15, -0.1) is 0 Å². The average Bonchev–Trinajstić information content (AvgIpc) is 3.16. The summed E-state index contributed by atoms with van der Waals surface area (Å²) in [6, 6.07) is 21.2. The molecule has 0 aliphatic carbocycles. The maximum atomic E-state index is 13.2. The highest BCUT2D eigenvalue weighted by molar-refractivity contribution is 5.99. The van der Waals surface area contributed by atoms with Crippen molar-refractivity contribution in [3.8, 4) is 11.5 Å². The van der Waals surface area contributed by atoms with Gasteiger partial charge in [0.15, 0.2) is 6.10 Å². The van der Waals surface area contributed by atoms with Gasteiger partial charge in [-0.1, -0.05) is 24.3 Å². The largest absolute Gasteiger partial charge is 0.491 e. The van der Waals surface area contributed by atoms with E-state index in [1.807, 2.05) is 87.5 Å². The first-order valence-corrected chi connectivity index (χ1v) is 13.6. The molecule has 1 aromatic heterocycles. The van der Waals surface area contributed by atoms with E-state index in [0.717, 1.165) is 39.0 Å². The molecular weight excluding hydrogens is 504 g/mol. The molecule has 0 saturated carbocycles. The van der Waals surface area contributed by atoms with Crippen LogP contribution >= 0.6 is 0 Å². The molecular formula is C33H38N2O5. The monoisotopic (exact) mass is 542 g/mol. The molecule has 0 bridgehead atoms. The molecule has 40 heavy (non-hydrogen) atoms. The highest BCUT2D eigenvalue weighted by Gasteiger charge is 2.18. The molecule has 4 aromatic rings. The Morgan fingerprint density at radius 2 is 1.57 bits per heavy atom. The topological polar surface area (TPSA) is 78.8 Å². The van der Waals surface area contributed by atoms with E-state index in [-0.39, 0.29) is 18.1 Å². The Balaban J connectivity index is 1.53. The number of hydrogen-bond donors (Lipinski definition) is 1. The number of aromatic nitrogens is 1. The Bertz CT molecular complexity index is 1520. The lowest BCUT2D eigenvalue weighted by atomic mass is 10.1. The number of esters is 1. The third-order valence-electron chi connectivity index (χ3n) is 7.06. The highest BCUT2D eigenvalue weighted by Crippen LogP contribution is 2.28. The number of hydrogen-bond acceptors (Lipinski definition) is 5. The first kappa shape index (κ1) is 28.7. The molecule has 210 valence electrons. The van der Waals surface area contributed by atoms with Gasteiger partial charge in [0.05, 0.1) is 19.3 Å². The van der Waals surface area contributed by atoms with Crippen LogP contribution < -0.4 is 14.8 Å². The zero-order chi connectivity index (χ0) is 29.0. The zero-order valence-electron chi connectivity index (χ0n) is 24.3. The molecule has 0 aliphatic rings. The van der Waals surface area contributed by atoms with Crippen molar-refractivity contribution in [2.24, 2.45) is 0 Å². The van der Waals surface area contributed by atoms with Crippen molar-refractivity contribution < 1.29 is 23.8 Å². The smallest absolute Gasteiger partial charge is 0.346 e. The van der Waals surface area contributed by atoms with Gasteiger partial charge in [0.25, 0.3) is 5.91 Å². The molecule has 1 heterocycles. The normalized spacial score (nSPS) is 12.7. The second kappa shape index (κ2) is 12.3. The van der Waals surface area contributed by atoms with Crippen molar-refractivity contribution in [1.29, 1.82) is 0 Å². The molecule has 2 unspecified atom stereocenters. The van der Waals surface area contributed by atoms with E-state index in [9.17, 15) is 9.59 Å². The van der Waals surface area contributed by atoms with E-state index >= 15 is 0 Å². The molecule has 7 heteroatoms. The molecule has 7 nitrogen and oxygen atoms in total. The van der Waals surface area contributed by atoms with Crippen LogP contribution in [0.5, 0.6) is 11.5 Å². The van der Waals surface area contributed by atoms with Crippen LogP contribution in [0.15, 0.2) is 66.7 Å². The lowest BCUT2D eigenvalue weighted by Crippen LogP contribution is -2.26. The Morgan fingerprint density at radius 3 is 2.27 bits per heavy atom. The van der Waals surface area contributed by atoms with E-state index in [1.54, 1.807) is 6.92 Å². The summed E-state index contributed by atoms with van der Waals surface area (Å²) in [5, 5.41) is 4.16. The van der Waals surface area contributed by atoms with Crippen LogP contribution in [0.1, 0.15) is 66.5 Å². The first-order chi connectivity index (χ1) is 19.1. The SMILES string of the molecule is COC(=O)C(C)Oc1cccc(Cn2c(C)c(C)c3cc(C(=O)NC(C)c4cccc(OC(C)C)c4)ccc32)c1. The van der Waals surface area contributed by atoms with Crippen LogP contribution in [0.3, 0.4) is 0 Å². The molecule has 2 atom stereocenters. The van der Waals surface area contributed by atoms with Gasteiger partial charge in [-0.25, -0.2) is 4.79 Å². The number of methoxy groups -OCH3 is 1. The molecule has 0 aliphatic heterocycles. The minimum atomic E-state index is -0.693. The fourth-order valence-corrected chi connectivity index (χ4v) is 4.81. The van der Waals surface area contributed by atoms with Crippen molar-refractivity contribution in [3.05, 3.63) is 94.7 Å². The van der Waals surface area contributed by atoms with Gasteiger partial charge in [0, 0.05) is 28.7 Å². The average molecular weight is 543 g/mol. The minimum Gasteiger partial charge on any atom is -0.491 e. The van der Waals surface area contributed by atoms with Crippen LogP contribution in [-0.2, 0) is 16.1 Å². The molecule has 0 saturated heterocycles. The second-order valence-corrected chi connectivity index (χ2v) is 10.4. The number of nitrogens with zero attached hydrogens (tertiary/aromatic N) is 1. The number of carbonyl (C=O) groups excluding carboxylic acids is 2. The fourth-order valence-electron chi connectivity index (χ4n) is 4.81. The minimum absolute atomic E-state index is 0.0819. The summed E-state index contributed by atoms with van der Waals surface area (Å²) in [6.45, 7) is 12.4. The summed E-state index contributed by atoms with van der Waals surface area (Å²) in [5.74, 6) is 0.850. The van der Waals surface area contributed by atoms with E-state index < -0.39 is 12.1 Å². The van der Waals surface area contributed by atoms with Gasteiger partial charge in [0.1, 0.15) is 11.5 Å². The van der Waals surface area contributed by atoms with E-state index in [0.29, 0.717) is 17.9 Å². The number of benzene rings is 3. The van der Waals surface area contributed by atoms with Crippen molar-refractivity contribution in [3.63, 3.8) is 0 Å². The first-order valence-electron chi connectivity index (χ1n) is 13.6. The van der Waals surface area contributed by atoms with Crippen LogP contribution in [0.4, 0.5) is 0 Å². The molecule has 0 spiro atoms. The van der Waals surface area contributed by atoms with Crippen LogP contribution in [0, 0.1) is 13.8 Å². The maximum absolute atomic E-state index is 13.2. The van der Waals surface area contributed by atoms with Gasteiger partial charge in [-0.05, 0) is 101 Å². The predicted molar refractivity (Wildman–Crippen MR) is 157 cm³/mol. The lowest BCUT2D eigenvalue weighted by Gasteiger charge is -2.17. The number of aryl methyl sites for hydroxylation is 1. The summed E-state index contributed by atoms with van der Waals surface area (Å²) >= 11 is 0. The van der Waals surface area contributed by atoms with Gasteiger partial charge in [-0.3, -0.25) is 4.79 Å². The standard InChI is InChI=1S/C33H38N2O5/c1-20(2)39-29-13-9-11-26(17-29)22(4)34-32(36)27-14-15-31-30(18-27)21(3)23(5)35(31)19-25-10-8-12-28(16-25)40-24(6)33(37)38-7/h8-18,20,22,24H,19H2,1-7H3,(H,34,36). The highest BCUT2D eigenvalue weighted by atomic mass is 16.6. The van der Waals surface area contributed by atoms with Gasteiger partial charge < -0.3 is 24.1 Å². The van der Waals surface area contributed by atoms with Gasteiger partial charge in [0.2, 0.25) is 0 Å². The van der Waals surface area contributed by atoms with Crippen molar-refractivity contribution >= 4 is 22.8 Å². The van der Waals surface area contributed by atoms with Crippen LogP contribution in [0.25, 0.3) is 10.9 Å². The summed E-state index contributed by atoms with van der Waals surface area (Å²) in [7, 11) is 1.35. The Morgan fingerprint density at radius 1 is 0.875 bits per heavy atom. The number of amides is 1. The number of carbonyl (C=O) groups is 2. The van der Waals surface area contributed by atoms with Crippen molar-refractivity contribution in [2.75, 3.05) is 7.11 Å². The molecule has 1 amide bonds. The zero-order valence-corrected chi connectivity index (χ0v) is 24.3. The number of fused-ring (bicyclic) bond motifs is 1. The second-order valence-electron chi connectivity index (χ2n) is 10.4. The van der Waals surface area contributed by atoms with E-state index in [4.69, 9.17) is 14.2 Å². The molecule has 3 aromatic carbocycles. The maximum Gasteiger partial charge on any atom is 0.346 e. The van der Waals surface area contributed by atoms with Crippen molar-refractivity contribution in [1.82, 2.24) is 9.88 Å². The quantitative estimate of drug-likeness (QED) is 0.231. The fraction of sp³-hybridized carbons (Fsp3) is 0.333. The van der Waals surface area contributed by atoms with Gasteiger partial charge in [-0.2, -0.15) is 0 Å². The molecule has 0 radical (unpaired) electrons. The van der Waals surface area contributed by atoms with E-state index in [2.05, 4.69) is 23.7 Å². The Kier molecular flexibility index (Phi) is 8.83. The predicted octanol–water partition coefficient (Wildman–Crippen LogP) is 6.52. The van der Waals surface area contributed by atoms with E-state index in [1.165, 1.54) is 7.11 Å². The number of rotatable bonds is 10. The summed E-state index contributed by atoms with van der Waals surface area (Å²) in [4.78, 5) is 25.0.